The van der Waals surface area contributed by atoms with Crippen LogP contribution >= 0.6 is 11.6 Å². The minimum absolute atomic E-state index is 0.119. The monoisotopic (exact) mass is 438 g/mol. The molecule has 158 valence electrons. The Morgan fingerprint density at radius 2 is 1.90 bits per heavy atom. The van der Waals surface area contributed by atoms with Crippen LogP contribution < -0.4 is 16.7 Å². The summed E-state index contributed by atoms with van der Waals surface area (Å²) in [6.07, 6.45) is 1.51. The first-order chi connectivity index (χ1) is 14.9. The molecule has 0 spiro atoms. The Morgan fingerprint density at radius 3 is 2.65 bits per heavy atom. The van der Waals surface area contributed by atoms with Crippen LogP contribution in [0, 0.1) is 0 Å². The number of phenolic OH excluding ortho intramolecular Hbond substituents is 1. The van der Waals surface area contributed by atoms with E-state index in [1.54, 1.807) is 41.9 Å². The molecule has 0 aliphatic heterocycles. The molecule has 2 heterocycles. The number of anilines is 1. The van der Waals surface area contributed by atoms with Crippen molar-refractivity contribution in [2.75, 3.05) is 5.43 Å². The van der Waals surface area contributed by atoms with Gasteiger partial charge in [-0.3, -0.25) is 18.5 Å². The van der Waals surface area contributed by atoms with E-state index in [-0.39, 0.29) is 29.4 Å². The zero-order valence-electron chi connectivity index (χ0n) is 16.8. The summed E-state index contributed by atoms with van der Waals surface area (Å²) in [6, 6.07) is 13.9. The fourth-order valence-corrected chi connectivity index (χ4v) is 3.45. The summed E-state index contributed by atoms with van der Waals surface area (Å²) in [5, 5.41) is 14.3. The number of nitrogens with zero attached hydrogens (tertiary/aromatic N) is 5. The molecule has 0 fully saturated rings. The summed E-state index contributed by atoms with van der Waals surface area (Å²) in [7, 11) is 2.97. The van der Waals surface area contributed by atoms with E-state index in [2.05, 4.69) is 15.5 Å². The number of imidazole rings is 1. The molecule has 31 heavy (non-hydrogen) atoms. The van der Waals surface area contributed by atoms with E-state index >= 15 is 0 Å². The van der Waals surface area contributed by atoms with Crippen molar-refractivity contribution in [2.24, 2.45) is 19.2 Å². The van der Waals surface area contributed by atoms with Crippen molar-refractivity contribution in [3.8, 4) is 5.75 Å². The number of hydrazone groups is 1. The molecule has 2 aromatic carbocycles. The number of aromatic hydroxyl groups is 1. The topological polar surface area (TPSA) is 106 Å². The van der Waals surface area contributed by atoms with Crippen molar-refractivity contribution in [2.45, 2.75) is 6.54 Å². The van der Waals surface area contributed by atoms with Crippen molar-refractivity contribution in [3.63, 3.8) is 0 Å². The van der Waals surface area contributed by atoms with Gasteiger partial charge in [-0.05, 0) is 29.3 Å². The first-order valence-corrected chi connectivity index (χ1v) is 9.72. The van der Waals surface area contributed by atoms with Crippen molar-refractivity contribution in [3.05, 3.63) is 85.5 Å². The number of rotatable bonds is 5. The number of fused-ring (bicyclic) bond motifs is 1. The van der Waals surface area contributed by atoms with Crippen molar-refractivity contribution >= 4 is 34.9 Å². The molecule has 0 saturated heterocycles. The second-order valence-corrected chi connectivity index (χ2v) is 7.36. The van der Waals surface area contributed by atoms with Crippen LogP contribution in [0.5, 0.6) is 5.75 Å². The van der Waals surface area contributed by atoms with Crippen LogP contribution in [0.15, 0.2) is 63.2 Å². The predicted molar refractivity (Wildman–Crippen MR) is 120 cm³/mol. The molecule has 0 saturated carbocycles. The average Bonchev–Trinajstić information content (AvgIpc) is 3.11. The fourth-order valence-electron chi connectivity index (χ4n) is 3.25. The number of hydrogen-bond acceptors (Lipinski definition) is 6. The minimum Gasteiger partial charge on any atom is -0.508 e. The maximum absolute atomic E-state index is 12.9. The molecule has 2 N–H and O–H groups in total. The molecular weight excluding hydrogens is 420 g/mol. The summed E-state index contributed by atoms with van der Waals surface area (Å²) >= 11 is 6.33. The van der Waals surface area contributed by atoms with Gasteiger partial charge in [0.25, 0.3) is 5.56 Å². The Labute approximate surface area is 181 Å². The van der Waals surface area contributed by atoms with Crippen molar-refractivity contribution in [1.29, 1.82) is 0 Å². The Hall–Kier alpha value is -3.85. The van der Waals surface area contributed by atoms with Gasteiger partial charge in [0.2, 0.25) is 5.95 Å². The molecule has 0 atom stereocenters. The highest BCUT2D eigenvalue weighted by Crippen LogP contribution is 2.22. The molecule has 2 aromatic heterocycles. The van der Waals surface area contributed by atoms with Gasteiger partial charge < -0.3 is 5.11 Å². The normalized spacial score (nSPS) is 11.5. The minimum atomic E-state index is -0.477. The molecule has 0 amide bonds. The van der Waals surface area contributed by atoms with Crippen LogP contribution in [-0.4, -0.2) is 30.0 Å². The number of phenols is 1. The van der Waals surface area contributed by atoms with Gasteiger partial charge in [-0.2, -0.15) is 10.1 Å². The molecular formula is C21H19ClN6O3. The van der Waals surface area contributed by atoms with Gasteiger partial charge in [-0.15, -0.1) is 0 Å². The van der Waals surface area contributed by atoms with Gasteiger partial charge in [0.15, 0.2) is 11.2 Å². The van der Waals surface area contributed by atoms with E-state index in [0.717, 1.165) is 10.1 Å². The van der Waals surface area contributed by atoms with Crippen LogP contribution in [-0.2, 0) is 20.6 Å². The van der Waals surface area contributed by atoms with Crippen molar-refractivity contribution < 1.29 is 5.11 Å². The van der Waals surface area contributed by atoms with Gasteiger partial charge in [0, 0.05) is 19.1 Å². The maximum Gasteiger partial charge on any atom is 0.332 e. The third kappa shape index (κ3) is 3.82. The SMILES string of the molecule is Cn1c(=O)c2c(nc(NN=Cc3cccc(O)c3)n2Cc2ccccc2Cl)n(C)c1=O. The summed E-state index contributed by atoms with van der Waals surface area (Å²) in [5.41, 5.74) is 3.82. The Balaban J connectivity index is 1.84. The second kappa shape index (κ2) is 8.11. The quantitative estimate of drug-likeness (QED) is 0.367. The number of nitrogens with one attached hydrogen (secondary N) is 1. The van der Waals surface area contributed by atoms with E-state index < -0.39 is 11.2 Å². The van der Waals surface area contributed by atoms with Crippen LogP contribution in [0.3, 0.4) is 0 Å². The predicted octanol–water partition coefficient (Wildman–Crippen LogP) is 2.29. The zero-order valence-corrected chi connectivity index (χ0v) is 17.5. The summed E-state index contributed by atoms with van der Waals surface area (Å²) in [4.78, 5) is 29.7. The third-order valence-electron chi connectivity index (χ3n) is 4.88. The van der Waals surface area contributed by atoms with E-state index in [0.29, 0.717) is 10.6 Å². The lowest BCUT2D eigenvalue weighted by Gasteiger charge is -2.10. The van der Waals surface area contributed by atoms with Crippen molar-refractivity contribution in [1.82, 2.24) is 18.7 Å². The molecule has 4 aromatic rings. The summed E-state index contributed by atoms with van der Waals surface area (Å²) in [6.45, 7) is 0.244. The van der Waals surface area contributed by atoms with Gasteiger partial charge >= 0.3 is 5.69 Å². The van der Waals surface area contributed by atoms with E-state index in [1.807, 2.05) is 18.2 Å². The molecule has 9 nitrogen and oxygen atoms in total. The maximum atomic E-state index is 12.9. The standard InChI is InChI=1S/C21H19ClN6O3/c1-26-18-17(19(30)27(2)21(26)31)28(12-14-7-3-4-9-16(14)22)20(24-18)25-23-11-13-6-5-8-15(29)10-13/h3-11,29H,12H2,1-2H3,(H,24,25). The second-order valence-electron chi connectivity index (χ2n) is 6.96. The molecule has 0 unspecified atom stereocenters. The molecule has 0 aliphatic carbocycles. The first-order valence-electron chi connectivity index (χ1n) is 9.34. The van der Waals surface area contributed by atoms with Crippen LogP contribution in [0.4, 0.5) is 5.95 Å². The van der Waals surface area contributed by atoms with Gasteiger partial charge in [0.1, 0.15) is 5.75 Å². The Kier molecular flexibility index (Phi) is 5.35. The van der Waals surface area contributed by atoms with Crippen LogP contribution in [0.1, 0.15) is 11.1 Å². The highest BCUT2D eigenvalue weighted by molar-refractivity contribution is 6.31. The van der Waals surface area contributed by atoms with E-state index in [1.165, 1.54) is 17.8 Å². The average molecular weight is 439 g/mol. The molecule has 10 heteroatoms. The molecule has 4 rings (SSSR count). The third-order valence-corrected chi connectivity index (χ3v) is 5.25. The van der Waals surface area contributed by atoms with Gasteiger partial charge in [-0.1, -0.05) is 41.9 Å². The number of aryl methyl sites for hydroxylation is 1. The summed E-state index contributed by atoms with van der Waals surface area (Å²) in [5.74, 6) is 0.387. The number of benzene rings is 2. The number of hydrogen-bond donors (Lipinski definition) is 2. The van der Waals surface area contributed by atoms with E-state index in [9.17, 15) is 14.7 Å². The molecule has 0 radical (unpaired) electrons. The highest BCUT2D eigenvalue weighted by atomic mass is 35.5. The lowest BCUT2D eigenvalue weighted by Crippen LogP contribution is -2.37. The van der Waals surface area contributed by atoms with Gasteiger partial charge in [0.05, 0.1) is 12.8 Å². The number of halogens is 1. The Morgan fingerprint density at radius 1 is 1.13 bits per heavy atom. The number of aromatic nitrogens is 4. The molecule has 0 bridgehead atoms. The first kappa shape index (κ1) is 20.4. The Bertz CT molecular complexity index is 1430. The van der Waals surface area contributed by atoms with Crippen LogP contribution in [0.2, 0.25) is 5.02 Å². The smallest absolute Gasteiger partial charge is 0.332 e. The molecule has 0 aliphatic rings. The fraction of sp³-hybridized carbons (Fsp3) is 0.143. The van der Waals surface area contributed by atoms with E-state index in [4.69, 9.17) is 11.6 Å². The highest BCUT2D eigenvalue weighted by Gasteiger charge is 2.19. The summed E-state index contributed by atoms with van der Waals surface area (Å²) < 4.78 is 3.98. The lowest BCUT2D eigenvalue weighted by molar-refractivity contribution is 0.475. The van der Waals surface area contributed by atoms with Gasteiger partial charge in [-0.25, -0.2) is 10.2 Å². The zero-order chi connectivity index (χ0) is 22.1. The van der Waals surface area contributed by atoms with Crippen LogP contribution in [0.25, 0.3) is 11.2 Å². The lowest BCUT2D eigenvalue weighted by atomic mass is 10.2. The largest absolute Gasteiger partial charge is 0.508 e.